The lowest BCUT2D eigenvalue weighted by atomic mass is 9.97. The summed E-state index contributed by atoms with van der Waals surface area (Å²) in [5, 5.41) is -1.60. The van der Waals surface area contributed by atoms with Gasteiger partial charge in [0.2, 0.25) is 0 Å². The van der Waals surface area contributed by atoms with E-state index in [-0.39, 0.29) is 0 Å². The first kappa shape index (κ1) is 11.0. The molecule has 2 rings (SSSR count). The predicted octanol–water partition coefficient (Wildman–Crippen LogP) is 3.26. The lowest BCUT2D eigenvalue weighted by Crippen LogP contribution is -2.53. The van der Waals surface area contributed by atoms with E-state index >= 15 is 0 Å². The van der Waals surface area contributed by atoms with E-state index in [0.29, 0.717) is 13.2 Å². The fourth-order valence-corrected chi connectivity index (χ4v) is 2.83. The topological polar surface area (TPSA) is 18.5 Å². The highest BCUT2D eigenvalue weighted by molar-refractivity contribution is 6.33. The van der Waals surface area contributed by atoms with Crippen molar-refractivity contribution in [3.8, 4) is 0 Å². The van der Waals surface area contributed by atoms with Gasteiger partial charge in [-0.1, -0.05) is 23.2 Å². The quantitative estimate of drug-likeness (QED) is 0.654. The Morgan fingerprint density at radius 3 is 1.43 bits per heavy atom. The number of alkyl halides is 2. The van der Waals surface area contributed by atoms with Crippen LogP contribution in [0.5, 0.6) is 0 Å². The first-order valence-electron chi connectivity index (χ1n) is 5.32. The molecule has 2 heterocycles. The Labute approximate surface area is 94.8 Å². The molecule has 0 radical (unpaired) electrons. The molecule has 0 amide bonds. The highest BCUT2D eigenvalue weighted by Crippen LogP contribution is 2.48. The average Bonchev–Trinajstić information content (AvgIpc) is 2.20. The van der Waals surface area contributed by atoms with Crippen molar-refractivity contribution in [2.45, 2.75) is 48.6 Å². The van der Waals surface area contributed by atoms with Gasteiger partial charge in [0.05, 0.1) is 0 Å². The smallest absolute Gasteiger partial charge is 0.184 e. The van der Waals surface area contributed by atoms with E-state index in [2.05, 4.69) is 0 Å². The second-order valence-electron chi connectivity index (χ2n) is 4.07. The van der Waals surface area contributed by atoms with E-state index in [4.69, 9.17) is 32.7 Å². The largest absolute Gasteiger partial charge is 0.355 e. The van der Waals surface area contributed by atoms with Crippen molar-refractivity contribution in [1.29, 1.82) is 0 Å². The molecule has 2 saturated heterocycles. The second-order valence-corrected chi connectivity index (χ2v) is 5.29. The van der Waals surface area contributed by atoms with Crippen LogP contribution in [0, 0.1) is 0 Å². The van der Waals surface area contributed by atoms with Crippen molar-refractivity contribution < 1.29 is 9.47 Å². The van der Waals surface area contributed by atoms with Gasteiger partial charge in [0.1, 0.15) is 0 Å². The first-order valence-corrected chi connectivity index (χ1v) is 6.08. The standard InChI is InChI=1S/C10H16Cl2O2/c11-9(5-1-3-7-13-9)10(12)6-2-4-8-14-10/h1-8H2. The summed E-state index contributed by atoms with van der Waals surface area (Å²) in [6.45, 7) is 1.39. The van der Waals surface area contributed by atoms with Crippen LogP contribution >= 0.6 is 23.2 Å². The molecule has 2 fully saturated rings. The van der Waals surface area contributed by atoms with Crippen LogP contribution in [0.1, 0.15) is 38.5 Å². The molecule has 2 nitrogen and oxygen atoms in total. The molecule has 0 aliphatic carbocycles. The molecule has 0 aromatic heterocycles. The third-order valence-corrected chi connectivity index (χ3v) is 4.31. The van der Waals surface area contributed by atoms with Crippen LogP contribution in [-0.4, -0.2) is 23.3 Å². The molecule has 0 bridgehead atoms. The summed E-state index contributed by atoms with van der Waals surface area (Å²) in [4.78, 5) is 0. The molecule has 2 unspecified atom stereocenters. The van der Waals surface area contributed by atoms with E-state index in [1.54, 1.807) is 0 Å². The lowest BCUT2D eigenvalue weighted by molar-refractivity contribution is -0.156. The molecule has 2 aliphatic heterocycles. The molecule has 0 spiro atoms. The molecular formula is C10H16Cl2O2. The van der Waals surface area contributed by atoms with Gasteiger partial charge >= 0.3 is 0 Å². The van der Waals surface area contributed by atoms with E-state index in [0.717, 1.165) is 38.5 Å². The van der Waals surface area contributed by atoms with Crippen molar-refractivity contribution in [1.82, 2.24) is 0 Å². The molecule has 0 N–H and O–H groups in total. The van der Waals surface area contributed by atoms with E-state index in [1.807, 2.05) is 0 Å². The minimum absolute atomic E-state index is 0.696. The Morgan fingerprint density at radius 1 is 0.714 bits per heavy atom. The average molecular weight is 239 g/mol. The molecule has 0 aromatic carbocycles. The molecule has 0 aromatic rings. The number of hydrogen-bond donors (Lipinski definition) is 0. The summed E-state index contributed by atoms with van der Waals surface area (Å²) < 4.78 is 11.2. The second kappa shape index (κ2) is 4.17. The van der Waals surface area contributed by atoms with Crippen molar-refractivity contribution in [3.05, 3.63) is 0 Å². The Morgan fingerprint density at radius 2 is 1.14 bits per heavy atom. The summed E-state index contributed by atoms with van der Waals surface area (Å²) >= 11 is 12.8. The predicted molar refractivity (Wildman–Crippen MR) is 56.8 cm³/mol. The van der Waals surface area contributed by atoms with Gasteiger partial charge in [-0.3, -0.25) is 0 Å². The fraction of sp³-hybridized carbons (Fsp3) is 1.00. The molecule has 2 atom stereocenters. The zero-order valence-corrected chi connectivity index (χ0v) is 9.74. The Kier molecular flexibility index (Phi) is 3.27. The number of ether oxygens (including phenoxy) is 2. The minimum Gasteiger partial charge on any atom is -0.355 e. The lowest BCUT2D eigenvalue weighted by Gasteiger charge is -2.45. The highest BCUT2D eigenvalue weighted by Gasteiger charge is 2.52. The summed E-state index contributed by atoms with van der Waals surface area (Å²) in [5.41, 5.74) is 0. The van der Waals surface area contributed by atoms with Crippen molar-refractivity contribution in [2.75, 3.05) is 13.2 Å². The maximum atomic E-state index is 6.42. The number of rotatable bonds is 1. The van der Waals surface area contributed by atoms with Crippen LogP contribution in [0.4, 0.5) is 0 Å². The van der Waals surface area contributed by atoms with Crippen LogP contribution < -0.4 is 0 Å². The van der Waals surface area contributed by atoms with Crippen LogP contribution in [-0.2, 0) is 9.47 Å². The normalized spacial score (nSPS) is 45.0. The Balaban J connectivity index is 2.09. The SMILES string of the molecule is ClC1(C2(Cl)CCCCO2)CCCCO1. The van der Waals surface area contributed by atoms with Crippen LogP contribution in [0.25, 0.3) is 0 Å². The summed E-state index contributed by atoms with van der Waals surface area (Å²) in [6, 6.07) is 0. The summed E-state index contributed by atoms with van der Waals surface area (Å²) in [5.74, 6) is 0. The number of hydrogen-bond acceptors (Lipinski definition) is 2. The molecule has 2 aliphatic rings. The van der Waals surface area contributed by atoms with E-state index < -0.39 is 10.1 Å². The third-order valence-electron chi connectivity index (χ3n) is 3.00. The van der Waals surface area contributed by atoms with Crippen LogP contribution in [0.15, 0.2) is 0 Å². The molecule has 4 heteroatoms. The first-order chi connectivity index (χ1) is 6.66. The summed E-state index contributed by atoms with van der Waals surface area (Å²) in [7, 11) is 0. The number of halogens is 2. The van der Waals surface area contributed by atoms with Gasteiger partial charge in [-0.05, 0) is 38.5 Å². The Hall–Kier alpha value is 0.500. The van der Waals surface area contributed by atoms with Gasteiger partial charge < -0.3 is 9.47 Å². The maximum Gasteiger partial charge on any atom is 0.184 e. The monoisotopic (exact) mass is 238 g/mol. The van der Waals surface area contributed by atoms with Gasteiger partial charge in [-0.15, -0.1) is 0 Å². The maximum absolute atomic E-state index is 6.42. The molecule has 82 valence electrons. The van der Waals surface area contributed by atoms with Gasteiger partial charge in [0.25, 0.3) is 0 Å². The molecule has 0 saturated carbocycles. The Bertz CT molecular complexity index is 174. The van der Waals surface area contributed by atoms with Crippen molar-refractivity contribution >= 4 is 23.2 Å². The zero-order valence-electron chi connectivity index (χ0n) is 8.23. The molecular weight excluding hydrogens is 223 g/mol. The highest BCUT2D eigenvalue weighted by atomic mass is 35.5. The van der Waals surface area contributed by atoms with E-state index in [1.165, 1.54) is 0 Å². The zero-order chi connectivity index (χ0) is 10.1. The van der Waals surface area contributed by atoms with Crippen molar-refractivity contribution in [3.63, 3.8) is 0 Å². The summed E-state index contributed by atoms with van der Waals surface area (Å²) in [6.07, 6.45) is 5.86. The van der Waals surface area contributed by atoms with Crippen molar-refractivity contribution in [2.24, 2.45) is 0 Å². The van der Waals surface area contributed by atoms with Crippen LogP contribution in [0.2, 0.25) is 0 Å². The van der Waals surface area contributed by atoms with Gasteiger partial charge in [0.15, 0.2) is 10.1 Å². The fourth-order valence-electron chi connectivity index (χ4n) is 2.11. The van der Waals surface area contributed by atoms with Gasteiger partial charge in [0, 0.05) is 13.2 Å². The minimum atomic E-state index is -0.798. The van der Waals surface area contributed by atoms with Crippen LogP contribution in [0.3, 0.4) is 0 Å². The molecule has 14 heavy (non-hydrogen) atoms. The van der Waals surface area contributed by atoms with E-state index in [9.17, 15) is 0 Å². The third kappa shape index (κ3) is 1.90. The van der Waals surface area contributed by atoms with Gasteiger partial charge in [-0.2, -0.15) is 0 Å². The van der Waals surface area contributed by atoms with Gasteiger partial charge in [-0.25, -0.2) is 0 Å².